The molecule has 5 atom stereocenters. The Balaban J connectivity index is 1.07. The summed E-state index contributed by atoms with van der Waals surface area (Å²) in [6, 6.07) is 9.35. The highest BCUT2D eigenvalue weighted by Crippen LogP contribution is 2.64. The van der Waals surface area contributed by atoms with Crippen LogP contribution in [0.4, 0.5) is 4.79 Å². The fourth-order valence-corrected chi connectivity index (χ4v) is 8.16. The summed E-state index contributed by atoms with van der Waals surface area (Å²) in [6.45, 7) is 5.58. The van der Waals surface area contributed by atoms with Gasteiger partial charge in [0.05, 0.1) is 7.11 Å². The summed E-state index contributed by atoms with van der Waals surface area (Å²) in [7, 11) is 3.70. The number of phenolic OH excluding ortho intramolecular Hbond substituents is 1. The predicted molar refractivity (Wildman–Crippen MR) is 170 cm³/mol. The van der Waals surface area contributed by atoms with Crippen molar-refractivity contribution >= 4 is 12.1 Å². The number of piperidine rings is 1. The van der Waals surface area contributed by atoms with Crippen LogP contribution in [-0.2, 0) is 27.9 Å². The molecule has 4 aliphatic rings. The maximum Gasteiger partial charge on any atom is 0.514 e. The van der Waals surface area contributed by atoms with E-state index >= 15 is 0 Å². The van der Waals surface area contributed by atoms with Gasteiger partial charge in [0.25, 0.3) is 0 Å². The van der Waals surface area contributed by atoms with E-state index < -0.39 is 12.3 Å². The van der Waals surface area contributed by atoms with E-state index in [2.05, 4.69) is 43.3 Å². The van der Waals surface area contributed by atoms with Crippen LogP contribution in [0.1, 0.15) is 75.5 Å². The molecule has 2 N–H and O–H groups in total. The standard InChI is InChI=1S/C36H46N2O7/c1-22(2)9-7-5-6-8-10-31(40)37-21-23-11-15-28(30(19-23)42-4)43-35(41)44-29-16-13-25-26-20-24-12-14-27(39)33-32(24)36(25,34(29)45-33)17-18-38(26)3/h7,9,11-12,14-15,19,22,25-26,29,34,39H,5-6,8,10,13,16-18,20-21H2,1-4H3,(H,37,40)/b9-7+/t25?,26?,29?,34-,36-/m1/s1. The average Bonchev–Trinajstić information content (AvgIpc) is 3.38. The second-order valence-electron chi connectivity index (χ2n) is 13.4. The monoisotopic (exact) mass is 618 g/mol. The molecule has 2 aliphatic carbocycles. The second kappa shape index (κ2) is 12.9. The molecule has 9 nitrogen and oxygen atoms in total. The molecule has 6 rings (SSSR count). The molecule has 2 aromatic rings. The van der Waals surface area contributed by atoms with Gasteiger partial charge in [-0.25, -0.2) is 4.79 Å². The number of hydrogen-bond donors (Lipinski definition) is 2. The van der Waals surface area contributed by atoms with Gasteiger partial charge in [-0.15, -0.1) is 0 Å². The third-order valence-electron chi connectivity index (χ3n) is 10.2. The van der Waals surface area contributed by atoms with Crippen LogP contribution in [0.3, 0.4) is 0 Å². The van der Waals surface area contributed by atoms with Crippen LogP contribution in [0.5, 0.6) is 23.0 Å². The minimum atomic E-state index is -0.818. The molecule has 0 aromatic heterocycles. The van der Waals surface area contributed by atoms with E-state index in [1.54, 1.807) is 24.3 Å². The number of likely N-dealkylation sites (tertiary alicyclic amines) is 1. The predicted octanol–water partition coefficient (Wildman–Crippen LogP) is 6.04. The number of ether oxygens (including phenoxy) is 4. The van der Waals surface area contributed by atoms with Gasteiger partial charge >= 0.3 is 6.16 Å². The third kappa shape index (κ3) is 5.99. The molecule has 1 spiro atoms. The summed E-state index contributed by atoms with van der Waals surface area (Å²) in [5.41, 5.74) is 2.87. The van der Waals surface area contributed by atoms with Crippen LogP contribution in [-0.4, -0.2) is 61.0 Å². The van der Waals surface area contributed by atoms with E-state index in [0.717, 1.165) is 56.2 Å². The zero-order chi connectivity index (χ0) is 31.7. The molecular formula is C36H46N2O7. The summed E-state index contributed by atoms with van der Waals surface area (Å²) in [4.78, 5) is 28.0. The quantitative estimate of drug-likeness (QED) is 0.136. The van der Waals surface area contributed by atoms with E-state index in [9.17, 15) is 14.7 Å². The molecule has 2 aliphatic heterocycles. The first-order valence-electron chi connectivity index (χ1n) is 16.4. The van der Waals surface area contributed by atoms with E-state index in [0.29, 0.717) is 48.8 Å². The first-order chi connectivity index (χ1) is 21.7. The number of benzene rings is 2. The fourth-order valence-electron chi connectivity index (χ4n) is 8.16. The number of methoxy groups -OCH3 is 1. The largest absolute Gasteiger partial charge is 0.514 e. The lowest BCUT2D eigenvalue weighted by Gasteiger charge is -2.58. The zero-order valence-electron chi connectivity index (χ0n) is 26.8. The van der Waals surface area contributed by atoms with Crippen LogP contribution < -0.4 is 19.5 Å². The number of hydrogen-bond acceptors (Lipinski definition) is 8. The lowest BCUT2D eigenvalue weighted by Crippen LogP contribution is -2.66. The van der Waals surface area contributed by atoms with E-state index in [1.165, 1.54) is 12.7 Å². The first kappa shape index (κ1) is 31.3. The lowest BCUT2D eigenvalue weighted by molar-refractivity contribution is -0.121. The van der Waals surface area contributed by atoms with Gasteiger partial charge in [0.15, 0.2) is 23.0 Å². The van der Waals surface area contributed by atoms with Crippen molar-refractivity contribution in [1.82, 2.24) is 10.2 Å². The highest BCUT2D eigenvalue weighted by Gasteiger charge is 2.66. The number of rotatable bonds is 11. The maximum absolute atomic E-state index is 13.2. The van der Waals surface area contributed by atoms with E-state index in [4.69, 9.17) is 18.9 Å². The van der Waals surface area contributed by atoms with Gasteiger partial charge < -0.3 is 34.3 Å². The Hall–Kier alpha value is -3.72. The van der Waals surface area contributed by atoms with Gasteiger partial charge in [0, 0.05) is 30.0 Å². The molecule has 2 aromatic carbocycles. The number of phenols is 1. The zero-order valence-corrected chi connectivity index (χ0v) is 26.8. The average molecular weight is 619 g/mol. The molecule has 3 unspecified atom stereocenters. The van der Waals surface area contributed by atoms with Gasteiger partial charge in [-0.1, -0.05) is 38.1 Å². The SMILES string of the molecule is COc1cc(CNC(=O)CCCC/C=C/C(C)C)ccc1OC(=O)OC1CCC2C3Cc4ccc(O)c5c4[C@]2(CCN3C)[C@@H]1O5. The number of carbonyl (C=O) groups is 2. The van der Waals surface area contributed by atoms with Crippen LogP contribution in [0.2, 0.25) is 0 Å². The van der Waals surface area contributed by atoms with Gasteiger partial charge in [-0.2, -0.15) is 0 Å². The Morgan fingerprint density at radius 3 is 2.82 bits per heavy atom. The fraction of sp³-hybridized carbons (Fsp3) is 0.556. The minimum Gasteiger partial charge on any atom is -0.504 e. The van der Waals surface area contributed by atoms with E-state index in [-0.39, 0.29) is 28.9 Å². The van der Waals surface area contributed by atoms with Crippen molar-refractivity contribution in [2.45, 2.75) is 95.4 Å². The lowest BCUT2D eigenvalue weighted by atomic mass is 9.51. The number of allylic oxidation sites excluding steroid dienone is 2. The Labute approximate surface area is 265 Å². The van der Waals surface area contributed by atoms with Crippen molar-refractivity contribution in [3.05, 3.63) is 59.2 Å². The summed E-state index contributed by atoms with van der Waals surface area (Å²) in [6.07, 6.45) is 9.33. The Morgan fingerprint density at radius 2 is 2.02 bits per heavy atom. The normalized spacial score (nSPS) is 26.3. The van der Waals surface area contributed by atoms with Gasteiger partial charge in [0.1, 0.15) is 12.2 Å². The van der Waals surface area contributed by atoms with Gasteiger partial charge in [-0.05, 0) is 99.7 Å². The summed E-state index contributed by atoms with van der Waals surface area (Å²) in [5, 5.41) is 13.7. The molecule has 45 heavy (non-hydrogen) atoms. The Morgan fingerprint density at radius 1 is 1.18 bits per heavy atom. The van der Waals surface area contributed by atoms with Gasteiger partial charge in [0.2, 0.25) is 5.91 Å². The number of nitrogens with one attached hydrogen (secondary N) is 1. The summed E-state index contributed by atoms with van der Waals surface area (Å²) >= 11 is 0. The van der Waals surface area contributed by atoms with Crippen molar-refractivity contribution in [1.29, 1.82) is 0 Å². The molecule has 242 valence electrons. The highest BCUT2D eigenvalue weighted by molar-refractivity contribution is 5.75. The van der Waals surface area contributed by atoms with Crippen molar-refractivity contribution in [2.75, 3.05) is 20.7 Å². The number of aromatic hydroxyl groups is 1. The summed E-state index contributed by atoms with van der Waals surface area (Å²) in [5.74, 6) is 2.24. The molecule has 1 amide bonds. The molecule has 9 heteroatoms. The van der Waals surface area contributed by atoms with Crippen LogP contribution >= 0.6 is 0 Å². The summed E-state index contributed by atoms with van der Waals surface area (Å²) < 4.78 is 23.7. The molecule has 2 heterocycles. The van der Waals surface area contributed by atoms with Crippen LogP contribution in [0.25, 0.3) is 0 Å². The minimum absolute atomic E-state index is 0.00511. The molecule has 1 saturated carbocycles. The number of likely N-dealkylation sites (N-methyl/N-ethyl adjacent to an activating group) is 1. The number of unbranched alkanes of at least 4 members (excludes halogenated alkanes) is 2. The highest BCUT2D eigenvalue weighted by atomic mass is 16.7. The smallest absolute Gasteiger partial charge is 0.504 e. The van der Waals surface area contributed by atoms with Crippen molar-refractivity contribution < 1.29 is 33.6 Å². The molecule has 2 bridgehead atoms. The molecule has 2 fully saturated rings. The Kier molecular flexibility index (Phi) is 9.00. The van der Waals surface area contributed by atoms with E-state index in [1.807, 2.05) is 6.07 Å². The number of carbonyl (C=O) groups excluding carboxylic acids is 2. The molecule has 1 saturated heterocycles. The maximum atomic E-state index is 13.2. The van der Waals surface area contributed by atoms with Crippen LogP contribution in [0.15, 0.2) is 42.5 Å². The number of nitrogens with zero attached hydrogens (tertiary/aromatic N) is 1. The van der Waals surface area contributed by atoms with Gasteiger partial charge in [-0.3, -0.25) is 4.79 Å². The number of amides is 1. The molecular weight excluding hydrogens is 572 g/mol. The third-order valence-corrected chi connectivity index (χ3v) is 10.2. The van der Waals surface area contributed by atoms with Crippen LogP contribution in [0, 0.1) is 11.8 Å². The topological polar surface area (TPSA) is 107 Å². The van der Waals surface area contributed by atoms with Crippen molar-refractivity contribution in [2.24, 2.45) is 11.8 Å². The Bertz CT molecular complexity index is 1460. The van der Waals surface area contributed by atoms with Crippen molar-refractivity contribution in [3.8, 4) is 23.0 Å². The second-order valence-corrected chi connectivity index (χ2v) is 13.4. The molecule has 0 radical (unpaired) electrons. The van der Waals surface area contributed by atoms with Crippen molar-refractivity contribution in [3.63, 3.8) is 0 Å². The first-order valence-corrected chi connectivity index (χ1v) is 16.4.